The number of piperidine rings is 1. The predicted molar refractivity (Wildman–Crippen MR) is 60.5 cm³/mol. The first kappa shape index (κ1) is 13.1. The molecule has 1 aromatic heterocycles. The molecule has 0 bridgehead atoms. The molecule has 1 aliphatic heterocycles. The lowest BCUT2D eigenvalue weighted by atomic mass is 10.1. The van der Waals surface area contributed by atoms with E-state index in [0.29, 0.717) is 12.2 Å². The van der Waals surface area contributed by atoms with Gasteiger partial charge in [0.05, 0.1) is 0 Å². The van der Waals surface area contributed by atoms with Crippen molar-refractivity contribution in [3.05, 3.63) is 23.5 Å². The maximum absolute atomic E-state index is 12.6. The van der Waals surface area contributed by atoms with Crippen LogP contribution in [-0.4, -0.2) is 24.2 Å². The number of ether oxygens (including phenoxy) is 1. The van der Waals surface area contributed by atoms with Crippen molar-refractivity contribution in [2.45, 2.75) is 32.0 Å². The van der Waals surface area contributed by atoms with Crippen LogP contribution >= 0.6 is 0 Å². The van der Waals surface area contributed by atoms with Gasteiger partial charge in [-0.05, 0) is 26.3 Å². The van der Waals surface area contributed by atoms with E-state index in [1.54, 1.807) is 0 Å². The van der Waals surface area contributed by atoms with Crippen molar-refractivity contribution >= 4 is 0 Å². The summed E-state index contributed by atoms with van der Waals surface area (Å²) in [5.74, 6) is 0.239. The van der Waals surface area contributed by atoms with Gasteiger partial charge in [0.2, 0.25) is 0 Å². The number of halogens is 3. The minimum Gasteiger partial charge on any atom is -0.489 e. The van der Waals surface area contributed by atoms with Crippen molar-refractivity contribution in [3.8, 4) is 5.75 Å². The van der Waals surface area contributed by atoms with E-state index in [1.807, 2.05) is 0 Å². The predicted octanol–water partition coefficient (Wildman–Crippen LogP) is 2.54. The second-order valence-corrected chi connectivity index (χ2v) is 4.41. The third-order valence-corrected chi connectivity index (χ3v) is 2.77. The quantitative estimate of drug-likeness (QED) is 0.887. The molecule has 0 aliphatic carbocycles. The number of alkyl halides is 3. The molecular formula is C12H15F3N2O. The first-order valence-electron chi connectivity index (χ1n) is 5.88. The number of hydrogen-bond donors (Lipinski definition) is 1. The topological polar surface area (TPSA) is 34.1 Å². The molecule has 1 aromatic rings. The monoisotopic (exact) mass is 260 g/mol. The zero-order valence-electron chi connectivity index (χ0n) is 10.0. The van der Waals surface area contributed by atoms with E-state index < -0.39 is 11.9 Å². The molecule has 18 heavy (non-hydrogen) atoms. The fourth-order valence-corrected chi connectivity index (χ4v) is 1.96. The fraction of sp³-hybridized carbons (Fsp3) is 0.583. The molecule has 2 heterocycles. The molecule has 1 atom stereocenters. The summed E-state index contributed by atoms with van der Waals surface area (Å²) < 4.78 is 43.4. The van der Waals surface area contributed by atoms with Crippen molar-refractivity contribution in [2.75, 3.05) is 13.1 Å². The Hall–Kier alpha value is -1.30. The summed E-state index contributed by atoms with van der Waals surface area (Å²) >= 11 is 0. The molecule has 0 saturated carbocycles. The Labute approximate surface area is 103 Å². The van der Waals surface area contributed by atoms with Crippen LogP contribution in [0.1, 0.15) is 24.2 Å². The molecule has 0 spiro atoms. The lowest BCUT2D eigenvalue weighted by molar-refractivity contribution is -0.141. The number of aromatic nitrogens is 1. The van der Waals surface area contributed by atoms with E-state index in [1.165, 1.54) is 13.0 Å². The smallest absolute Gasteiger partial charge is 0.433 e. The highest BCUT2D eigenvalue weighted by molar-refractivity contribution is 5.28. The normalized spacial score (nSPS) is 20.8. The van der Waals surface area contributed by atoms with Gasteiger partial charge in [0, 0.05) is 24.4 Å². The van der Waals surface area contributed by atoms with Crippen LogP contribution in [0, 0.1) is 6.92 Å². The Morgan fingerprint density at radius 2 is 2.17 bits per heavy atom. The third-order valence-electron chi connectivity index (χ3n) is 2.77. The Balaban J connectivity index is 2.14. The van der Waals surface area contributed by atoms with Crippen molar-refractivity contribution in [1.29, 1.82) is 0 Å². The van der Waals surface area contributed by atoms with Crippen LogP contribution in [-0.2, 0) is 6.18 Å². The summed E-state index contributed by atoms with van der Waals surface area (Å²) in [6, 6.07) is 2.49. The van der Waals surface area contributed by atoms with Crippen LogP contribution < -0.4 is 10.1 Å². The van der Waals surface area contributed by atoms with Gasteiger partial charge in [-0.3, -0.25) is 0 Å². The number of nitrogens with one attached hydrogen (secondary N) is 1. The van der Waals surface area contributed by atoms with Gasteiger partial charge in [0.1, 0.15) is 17.5 Å². The molecule has 6 heteroatoms. The van der Waals surface area contributed by atoms with Crippen molar-refractivity contribution in [1.82, 2.24) is 10.3 Å². The maximum atomic E-state index is 12.6. The maximum Gasteiger partial charge on any atom is 0.433 e. The minimum atomic E-state index is -4.44. The van der Waals surface area contributed by atoms with Gasteiger partial charge >= 0.3 is 6.18 Å². The molecular weight excluding hydrogens is 245 g/mol. The van der Waals surface area contributed by atoms with Crippen molar-refractivity contribution in [3.63, 3.8) is 0 Å². The van der Waals surface area contributed by atoms with Crippen molar-refractivity contribution in [2.24, 2.45) is 0 Å². The molecule has 1 aliphatic rings. The van der Waals surface area contributed by atoms with E-state index in [9.17, 15) is 13.2 Å². The van der Waals surface area contributed by atoms with Crippen LogP contribution in [0.2, 0.25) is 0 Å². The highest BCUT2D eigenvalue weighted by Gasteiger charge is 2.33. The van der Waals surface area contributed by atoms with Gasteiger partial charge in [0.15, 0.2) is 0 Å². The van der Waals surface area contributed by atoms with Crippen LogP contribution in [0.5, 0.6) is 5.75 Å². The van der Waals surface area contributed by atoms with E-state index in [4.69, 9.17) is 4.74 Å². The average molecular weight is 260 g/mol. The lowest BCUT2D eigenvalue weighted by Crippen LogP contribution is -2.37. The van der Waals surface area contributed by atoms with Crippen LogP contribution in [0.4, 0.5) is 13.2 Å². The molecule has 0 radical (unpaired) electrons. The standard InChI is InChI=1S/C12H15F3N2O/c1-8-5-10(6-11(17-8)12(13,14)15)18-9-3-2-4-16-7-9/h5-6,9,16H,2-4,7H2,1H3. The number of rotatable bonds is 2. The van der Waals surface area contributed by atoms with Crippen LogP contribution in [0.25, 0.3) is 0 Å². The Kier molecular flexibility index (Phi) is 3.75. The Morgan fingerprint density at radius 1 is 1.39 bits per heavy atom. The van der Waals surface area contributed by atoms with Crippen LogP contribution in [0.15, 0.2) is 12.1 Å². The molecule has 1 unspecified atom stereocenters. The molecule has 1 N–H and O–H groups in total. The molecule has 1 saturated heterocycles. The van der Waals surface area contributed by atoms with Gasteiger partial charge in [-0.1, -0.05) is 0 Å². The van der Waals surface area contributed by atoms with Gasteiger partial charge in [-0.15, -0.1) is 0 Å². The molecule has 0 aromatic carbocycles. The first-order valence-corrected chi connectivity index (χ1v) is 5.88. The Morgan fingerprint density at radius 3 is 2.78 bits per heavy atom. The SMILES string of the molecule is Cc1cc(OC2CCCNC2)cc(C(F)(F)F)n1. The highest BCUT2D eigenvalue weighted by Crippen LogP contribution is 2.30. The zero-order valence-corrected chi connectivity index (χ0v) is 10.0. The largest absolute Gasteiger partial charge is 0.489 e. The molecule has 1 fully saturated rings. The number of aryl methyl sites for hydroxylation is 1. The van der Waals surface area contributed by atoms with Crippen molar-refractivity contribution < 1.29 is 17.9 Å². The minimum absolute atomic E-state index is 0.0679. The zero-order chi connectivity index (χ0) is 13.2. The Bertz CT molecular complexity index is 414. The van der Waals surface area contributed by atoms with E-state index >= 15 is 0 Å². The highest BCUT2D eigenvalue weighted by atomic mass is 19.4. The fourth-order valence-electron chi connectivity index (χ4n) is 1.96. The lowest BCUT2D eigenvalue weighted by Gasteiger charge is -2.24. The summed E-state index contributed by atoms with van der Waals surface area (Å²) in [7, 11) is 0. The van der Waals surface area contributed by atoms with Gasteiger partial charge < -0.3 is 10.1 Å². The summed E-state index contributed by atoms with van der Waals surface area (Å²) in [5.41, 5.74) is -0.593. The first-order chi connectivity index (χ1) is 8.45. The number of pyridine rings is 1. The second kappa shape index (κ2) is 5.14. The molecule has 3 nitrogen and oxygen atoms in total. The summed E-state index contributed by atoms with van der Waals surface area (Å²) in [4.78, 5) is 3.48. The summed E-state index contributed by atoms with van der Waals surface area (Å²) in [6.07, 6.45) is -2.67. The number of nitrogens with zero attached hydrogens (tertiary/aromatic N) is 1. The van der Waals surface area contributed by atoms with Gasteiger partial charge in [-0.2, -0.15) is 13.2 Å². The molecule has 100 valence electrons. The third kappa shape index (κ3) is 3.35. The summed E-state index contributed by atoms with van der Waals surface area (Å²) in [6.45, 7) is 3.13. The molecule has 2 rings (SSSR count). The van der Waals surface area contributed by atoms with E-state index in [-0.39, 0.29) is 11.9 Å². The summed E-state index contributed by atoms with van der Waals surface area (Å²) in [5, 5.41) is 3.15. The van der Waals surface area contributed by atoms with Crippen LogP contribution in [0.3, 0.4) is 0 Å². The molecule has 0 amide bonds. The second-order valence-electron chi connectivity index (χ2n) is 4.41. The number of hydrogen-bond acceptors (Lipinski definition) is 3. The average Bonchev–Trinajstić information content (AvgIpc) is 2.28. The van der Waals surface area contributed by atoms with E-state index in [0.717, 1.165) is 25.5 Å². The van der Waals surface area contributed by atoms with E-state index in [2.05, 4.69) is 10.3 Å². The van der Waals surface area contributed by atoms with Gasteiger partial charge in [-0.25, -0.2) is 4.98 Å². The van der Waals surface area contributed by atoms with Gasteiger partial charge in [0.25, 0.3) is 0 Å².